The normalized spacial score (nSPS) is 12.4. The van der Waals surface area contributed by atoms with Crippen LogP contribution < -0.4 is 5.32 Å². The lowest BCUT2D eigenvalue weighted by atomic mass is 9.92. The summed E-state index contributed by atoms with van der Waals surface area (Å²) in [6.07, 6.45) is 3.74. The Labute approximate surface area is 110 Å². The van der Waals surface area contributed by atoms with E-state index in [1.54, 1.807) is 6.20 Å². The van der Waals surface area contributed by atoms with E-state index in [9.17, 15) is 0 Å². The minimum Gasteiger partial charge on any atom is -0.319 e. The van der Waals surface area contributed by atoms with Crippen LogP contribution in [0.4, 0.5) is 0 Å². The summed E-state index contributed by atoms with van der Waals surface area (Å²) in [4.78, 5) is 4.20. The van der Waals surface area contributed by atoms with Gasteiger partial charge in [0.05, 0.1) is 0 Å². The Morgan fingerprint density at radius 2 is 2.06 bits per heavy atom. The van der Waals surface area contributed by atoms with Gasteiger partial charge in [-0.15, -0.1) is 0 Å². The number of nitrogens with one attached hydrogen (secondary N) is 1. The fraction of sp³-hybridized carbons (Fsp3) is 0.214. The van der Waals surface area contributed by atoms with Crippen LogP contribution in [0.25, 0.3) is 0 Å². The third-order valence-electron chi connectivity index (χ3n) is 2.78. The van der Waals surface area contributed by atoms with Crippen LogP contribution in [0.2, 0.25) is 0 Å². The number of rotatable bonds is 4. The third-order valence-corrected chi connectivity index (χ3v) is 3.50. The summed E-state index contributed by atoms with van der Waals surface area (Å²) in [5, 5.41) is 3.24. The molecule has 2 nitrogen and oxygen atoms in total. The van der Waals surface area contributed by atoms with E-state index in [1.165, 1.54) is 11.1 Å². The molecule has 88 valence electrons. The maximum absolute atomic E-state index is 4.20. The minimum atomic E-state index is 0.323. The zero-order valence-corrected chi connectivity index (χ0v) is 11.3. The molecule has 17 heavy (non-hydrogen) atoms. The van der Waals surface area contributed by atoms with E-state index < -0.39 is 0 Å². The first-order valence-corrected chi connectivity index (χ1v) is 6.41. The molecule has 0 aliphatic heterocycles. The van der Waals surface area contributed by atoms with Crippen LogP contribution in [-0.2, 0) is 0 Å². The Kier molecular flexibility index (Phi) is 4.29. The van der Waals surface area contributed by atoms with Crippen LogP contribution in [0.3, 0.4) is 0 Å². The van der Waals surface area contributed by atoms with Crippen LogP contribution in [0.1, 0.15) is 17.0 Å². The van der Waals surface area contributed by atoms with Gasteiger partial charge in [-0.25, -0.2) is 0 Å². The highest BCUT2D eigenvalue weighted by atomic mass is 79.9. The molecule has 1 unspecified atom stereocenters. The van der Waals surface area contributed by atoms with Gasteiger partial charge in [-0.3, -0.25) is 4.98 Å². The van der Waals surface area contributed by atoms with Crippen LogP contribution in [0.5, 0.6) is 0 Å². The molecule has 3 heteroatoms. The first-order valence-electron chi connectivity index (χ1n) is 5.62. The molecular formula is C14H15BrN2. The van der Waals surface area contributed by atoms with Gasteiger partial charge in [0, 0.05) is 29.3 Å². The Morgan fingerprint density at radius 3 is 2.71 bits per heavy atom. The molecule has 1 N–H and O–H groups in total. The average molecular weight is 291 g/mol. The minimum absolute atomic E-state index is 0.323. The van der Waals surface area contributed by atoms with Crippen molar-refractivity contribution in [2.24, 2.45) is 0 Å². The van der Waals surface area contributed by atoms with Gasteiger partial charge in [0.1, 0.15) is 0 Å². The molecule has 1 aromatic heterocycles. The molecule has 0 saturated carbocycles. The van der Waals surface area contributed by atoms with Crippen LogP contribution in [-0.4, -0.2) is 18.6 Å². The number of aromatic nitrogens is 1. The Bertz CT molecular complexity index is 471. The molecule has 0 amide bonds. The topological polar surface area (TPSA) is 24.9 Å². The zero-order valence-electron chi connectivity index (χ0n) is 9.73. The molecule has 0 spiro atoms. The fourth-order valence-electron chi connectivity index (χ4n) is 1.95. The van der Waals surface area contributed by atoms with Crippen molar-refractivity contribution < 1.29 is 0 Å². The number of pyridine rings is 1. The molecule has 0 bridgehead atoms. The van der Waals surface area contributed by atoms with Crippen LogP contribution in [0, 0.1) is 0 Å². The average Bonchev–Trinajstić information content (AvgIpc) is 2.38. The number of hydrogen-bond donors (Lipinski definition) is 1. The van der Waals surface area contributed by atoms with Gasteiger partial charge >= 0.3 is 0 Å². The molecule has 0 aliphatic rings. The van der Waals surface area contributed by atoms with E-state index in [0.717, 1.165) is 11.0 Å². The lowest BCUT2D eigenvalue weighted by molar-refractivity contribution is 0.703. The van der Waals surface area contributed by atoms with Crippen molar-refractivity contribution in [1.29, 1.82) is 0 Å². The van der Waals surface area contributed by atoms with Crippen molar-refractivity contribution in [3.8, 4) is 0 Å². The predicted octanol–water partition coefficient (Wildman–Crippen LogP) is 3.20. The number of hydrogen-bond acceptors (Lipinski definition) is 2. The number of benzene rings is 1. The highest BCUT2D eigenvalue weighted by Gasteiger charge is 2.15. The zero-order chi connectivity index (χ0) is 12.1. The lowest BCUT2D eigenvalue weighted by Gasteiger charge is -2.18. The van der Waals surface area contributed by atoms with Gasteiger partial charge in [0.15, 0.2) is 0 Å². The molecule has 0 radical (unpaired) electrons. The number of nitrogens with zero attached hydrogens (tertiary/aromatic N) is 1. The summed E-state index contributed by atoms with van der Waals surface area (Å²) < 4.78 is 1.14. The smallest absolute Gasteiger partial charge is 0.0306 e. The second-order valence-electron chi connectivity index (χ2n) is 3.92. The molecule has 0 aliphatic carbocycles. The van der Waals surface area contributed by atoms with E-state index in [-0.39, 0.29) is 0 Å². The predicted molar refractivity (Wildman–Crippen MR) is 74.1 cm³/mol. The SMILES string of the molecule is CNCC(c1cccnc1)c1ccccc1Br. The second-order valence-corrected chi connectivity index (χ2v) is 4.77. The van der Waals surface area contributed by atoms with E-state index >= 15 is 0 Å². The second kappa shape index (κ2) is 5.94. The summed E-state index contributed by atoms with van der Waals surface area (Å²) in [5.74, 6) is 0.323. The van der Waals surface area contributed by atoms with Crippen molar-refractivity contribution in [1.82, 2.24) is 10.3 Å². The summed E-state index contributed by atoms with van der Waals surface area (Å²) >= 11 is 3.62. The largest absolute Gasteiger partial charge is 0.319 e. The lowest BCUT2D eigenvalue weighted by Crippen LogP contribution is -2.18. The summed E-state index contributed by atoms with van der Waals surface area (Å²) in [6.45, 7) is 0.897. The summed E-state index contributed by atoms with van der Waals surface area (Å²) in [6, 6.07) is 12.4. The van der Waals surface area contributed by atoms with Gasteiger partial charge in [-0.1, -0.05) is 40.2 Å². The molecule has 1 heterocycles. The highest BCUT2D eigenvalue weighted by molar-refractivity contribution is 9.10. The number of likely N-dealkylation sites (N-methyl/N-ethyl adjacent to an activating group) is 1. The van der Waals surface area contributed by atoms with Crippen LogP contribution in [0.15, 0.2) is 53.3 Å². The molecule has 1 aromatic carbocycles. The first kappa shape index (κ1) is 12.3. The van der Waals surface area contributed by atoms with Gasteiger partial charge in [0.2, 0.25) is 0 Å². The molecule has 2 rings (SSSR count). The monoisotopic (exact) mass is 290 g/mol. The van der Waals surface area contributed by atoms with Gasteiger partial charge in [-0.05, 0) is 30.3 Å². The summed E-state index contributed by atoms with van der Waals surface area (Å²) in [7, 11) is 1.97. The van der Waals surface area contributed by atoms with Gasteiger partial charge in [0.25, 0.3) is 0 Å². The van der Waals surface area contributed by atoms with E-state index in [0.29, 0.717) is 5.92 Å². The van der Waals surface area contributed by atoms with E-state index in [2.05, 4.69) is 50.5 Å². The maximum atomic E-state index is 4.20. The van der Waals surface area contributed by atoms with Crippen LogP contribution >= 0.6 is 15.9 Å². The van der Waals surface area contributed by atoms with Crippen molar-refractivity contribution in [3.05, 3.63) is 64.4 Å². The van der Waals surface area contributed by atoms with Gasteiger partial charge in [-0.2, -0.15) is 0 Å². The Balaban J connectivity index is 2.39. The Morgan fingerprint density at radius 1 is 1.24 bits per heavy atom. The maximum Gasteiger partial charge on any atom is 0.0306 e. The third kappa shape index (κ3) is 2.93. The molecule has 2 aromatic rings. The van der Waals surface area contributed by atoms with Crippen molar-refractivity contribution in [2.75, 3.05) is 13.6 Å². The van der Waals surface area contributed by atoms with Crippen molar-refractivity contribution in [3.63, 3.8) is 0 Å². The van der Waals surface area contributed by atoms with Crippen molar-refractivity contribution in [2.45, 2.75) is 5.92 Å². The fourth-order valence-corrected chi connectivity index (χ4v) is 2.51. The first-order chi connectivity index (χ1) is 8.33. The van der Waals surface area contributed by atoms with E-state index in [4.69, 9.17) is 0 Å². The van der Waals surface area contributed by atoms with Gasteiger partial charge < -0.3 is 5.32 Å². The van der Waals surface area contributed by atoms with Crippen molar-refractivity contribution >= 4 is 15.9 Å². The highest BCUT2D eigenvalue weighted by Crippen LogP contribution is 2.29. The van der Waals surface area contributed by atoms with E-state index in [1.807, 2.05) is 25.4 Å². The summed E-state index contributed by atoms with van der Waals surface area (Å²) in [5.41, 5.74) is 2.52. The molecular weight excluding hydrogens is 276 g/mol. The molecule has 0 fully saturated rings. The number of halogens is 1. The quantitative estimate of drug-likeness (QED) is 0.935. The molecule has 1 atom stereocenters. The standard InChI is InChI=1S/C14H15BrN2/c1-16-10-13(11-5-4-8-17-9-11)12-6-2-3-7-14(12)15/h2-9,13,16H,10H2,1H3. The molecule has 0 saturated heterocycles. The Hall–Kier alpha value is -1.19.